The first-order chi connectivity index (χ1) is 20.1. The third-order valence-corrected chi connectivity index (χ3v) is 10.2. The molecule has 42 heavy (non-hydrogen) atoms. The van der Waals surface area contributed by atoms with Crippen molar-refractivity contribution in [2.75, 3.05) is 24.7 Å². The van der Waals surface area contributed by atoms with Crippen molar-refractivity contribution in [1.82, 2.24) is 39.0 Å². The number of fused-ring (bicyclic) bond motifs is 4. The molecule has 18 nitrogen and oxygen atoms in total. The summed E-state index contributed by atoms with van der Waals surface area (Å²) in [6, 6.07) is -0.565. The Kier molecular flexibility index (Phi) is 6.79. The number of imidazole rings is 2. The van der Waals surface area contributed by atoms with Crippen LogP contribution in [0, 0.1) is 11.8 Å². The van der Waals surface area contributed by atoms with Crippen molar-refractivity contribution in [3.63, 3.8) is 0 Å². The number of hydrogen-bond acceptors (Lipinski definition) is 14. The van der Waals surface area contributed by atoms with Crippen molar-refractivity contribution < 1.29 is 37.0 Å². The Hall–Kier alpha value is -3.08. The summed E-state index contributed by atoms with van der Waals surface area (Å²) in [5.74, 6) is -0.649. The lowest BCUT2D eigenvalue weighted by molar-refractivity contribution is 0.0171. The standard InChI is InChI=1S/C22H28N10O8P2/c23-19-17-21(27-7-25-19)31(9-29-17)13-1-11-5-37-41(33,34)40-16-4-14(32-10-30-18-20(24)26-8-28-22(18)32)2-12(16)6-38-42(35,36)39-15(11)3-13/h7-16H,1-6H2,(H,33,34)(H,35,36)(H2,23,25,27)(H2,24,26,28)/t11?,12?,13-,14-,15-,16-/m1/s1. The zero-order valence-electron chi connectivity index (χ0n) is 22.0. The van der Waals surface area contributed by atoms with Crippen molar-refractivity contribution in [1.29, 1.82) is 0 Å². The third-order valence-electron chi connectivity index (χ3n) is 8.21. The minimum absolute atomic E-state index is 0.223. The van der Waals surface area contributed by atoms with Gasteiger partial charge in [-0.15, -0.1) is 0 Å². The topological polar surface area (TPSA) is 251 Å². The number of phosphoric acid groups is 2. The van der Waals surface area contributed by atoms with Gasteiger partial charge in [0.2, 0.25) is 0 Å². The highest BCUT2D eigenvalue weighted by molar-refractivity contribution is 7.47. The summed E-state index contributed by atoms with van der Waals surface area (Å²) in [6.07, 6.45) is 5.36. The van der Waals surface area contributed by atoms with E-state index in [1.54, 1.807) is 21.8 Å². The van der Waals surface area contributed by atoms with Gasteiger partial charge in [0.25, 0.3) is 0 Å². The summed E-state index contributed by atoms with van der Waals surface area (Å²) in [5.41, 5.74) is 13.7. The second kappa shape index (κ2) is 10.3. The van der Waals surface area contributed by atoms with E-state index in [4.69, 9.17) is 29.6 Å². The molecule has 2 aliphatic carbocycles. The number of phosphoric ester groups is 2. The first-order valence-electron chi connectivity index (χ1n) is 13.2. The fourth-order valence-corrected chi connectivity index (χ4v) is 8.32. The molecule has 0 amide bonds. The number of nitrogens with zero attached hydrogens (tertiary/aromatic N) is 8. The van der Waals surface area contributed by atoms with Gasteiger partial charge in [-0.25, -0.2) is 39.0 Å². The fraction of sp³-hybridized carbons (Fsp3) is 0.545. The Labute approximate surface area is 237 Å². The number of aromatic nitrogens is 8. The van der Waals surface area contributed by atoms with Crippen LogP contribution in [0.1, 0.15) is 37.8 Å². The van der Waals surface area contributed by atoms with Crippen LogP contribution < -0.4 is 11.5 Å². The molecule has 0 radical (unpaired) electrons. The summed E-state index contributed by atoms with van der Waals surface area (Å²) < 4.78 is 52.0. The monoisotopic (exact) mass is 622 g/mol. The van der Waals surface area contributed by atoms with Crippen LogP contribution in [0.3, 0.4) is 0 Å². The Balaban J connectivity index is 1.12. The summed E-state index contributed by atoms with van der Waals surface area (Å²) >= 11 is 0. The highest BCUT2D eigenvalue weighted by Gasteiger charge is 2.46. The second-order valence-electron chi connectivity index (χ2n) is 10.8. The second-order valence-corrected chi connectivity index (χ2v) is 13.6. The van der Waals surface area contributed by atoms with Crippen LogP contribution in [-0.4, -0.2) is 74.2 Å². The van der Waals surface area contributed by atoms with Gasteiger partial charge in [0.15, 0.2) is 22.9 Å². The normalized spacial score (nSPS) is 36.0. The van der Waals surface area contributed by atoms with E-state index in [0.717, 1.165) is 0 Å². The molecule has 3 fully saturated rings. The molecule has 1 aliphatic heterocycles. The molecule has 1 saturated heterocycles. The van der Waals surface area contributed by atoms with Crippen LogP contribution in [0.5, 0.6) is 0 Å². The Morgan fingerprint density at radius 2 is 1.12 bits per heavy atom. The van der Waals surface area contributed by atoms with Crippen molar-refractivity contribution in [3.05, 3.63) is 25.3 Å². The van der Waals surface area contributed by atoms with Crippen molar-refractivity contribution in [3.8, 4) is 0 Å². The van der Waals surface area contributed by atoms with E-state index >= 15 is 0 Å². The maximum Gasteiger partial charge on any atom is 0.472 e. The smallest absolute Gasteiger partial charge is 0.382 e. The van der Waals surface area contributed by atoms with Crippen molar-refractivity contribution in [2.45, 2.75) is 50.0 Å². The zero-order chi connectivity index (χ0) is 29.2. The Morgan fingerprint density at radius 3 is 1.55 bits per heavy atom. The molecule has 4 aromatic rings. The molecule has 224 valence electrons. The van der Waals surface area contributed by atoms with E-state index in [0.29, 0.717) is 35.2 Å². The molecule has 4 aromatic heterocycles. The first kappa shape index (κ1) is 27.7. The van der Waals surface area contributed by atoms with Gasteiger partial charge in [0.1, 0.15) is 23.7 Å². The summed E-state index contributed by atoms with van der Waals surface area (Å²) in [4.78, 5) is 46.4. The van der Waals surface area contributed by atoms with E-state index in [-0.39, 0.29) is 49.8 Å². The molecule has 0 aromatic carbocycles. The van der Waals surface area contributed by atoms with Gasteiger partial charge in [-0.1, -0.05) is 0 Å². The molecule has 7 rings (SSSR count). The van der Waals surface area contributed by atoms with Gasteiger partial charge in [0.05, 0.1) is 38.1 Å². The Bertz CT molecular complexity index is 1620. The van der Waals surface area contributed by atoms with Gasteiger partial charge >= 0.3 is 15.6 Å². The van der Waals surface area contributed by atoms with Crippen LogP contribution in [0.15, 0.2) is 25.3 Å². The predicted molar refractivity (Wildman–Crippen MR) is 144 cm³/mol. The Morgan fingerprint density at radius 1 is 0.690 bits per heavy atom. The molecular weight excluding hydrogens is 594 g/mol. The van der Waals surface area contributed by atoms with E-state index in [2.05, 4.69) is 29.9 Å². The van der Waals surface area contributed by atoms with Crippen molar-refractivity contribution in [2.24, 2.45) is 11.8 Å². The van der Waals surface area contributed by atoms with Crippen LogP contribution in [0.2, 0.25) is 0 Å². The van der Waals surface area contributed by atoms with Gasteiger partial charge in [-0.3, -0.25) is 18.1 Å². The SMILES string of the molecule is Nc1ncnc2c1ncn2[C@@H]1CC2COP(=O)(O)O[C@@H]3C[C@H](n4cnc5c(N)ncnc54)CC3COP(=O)(O)O[C@@H]2C1. The van der Waals surface area contributed by atoms with Crippen molar-refractivity contribution >= 4 is 49.6 Å². The summed E-state index contributed by atoms with van der Waals surface area (Å²) in [6.45, 7) is -0.524. The van der Waals surface area contributed by atoms with Gasteiger partial charge in [-0.05, 0) is 25.7 Å². The van der Waals surface area contributed by atoms with E-state index < -0.39 is 39.7 Å². The lowest BCUT2D eigenvalue weighted by Gasteiger charge is -2.27. The molecule has 5 heterocycles. The van der Waals surface area contributed by atoms with Crippen LogP contribution in [0.4, 0.5) is 11.6 Å². The molecule has 6 N–H and O–H groups in total. The van der Waals surface area contributed by atoms with Crippen LogP contribution >= 0.6 is 15.6 Å². The summed E-state index contributed by atoms with van der Waals surface area (Å²) in [5, 5.41) is 0. The lowest BCUT2D eigenvalue weighted by atomic mass is 10.1. The van der Waals surface area contributed by atoms with Gasteiger partial charge < -0.3 is 30.4 Å². The molecule has 3 aliphatic rings. The summed E-state index contributed by atoms with van der Waals surface area (Å²) in [7, 11) is -9.09. The van der Waals surface area contributed by atoms with Gasteiger partial charge in [0, 0.05) is 23.9 Å². The maximum atomic E-state index is 13.1. The molecule has 2 saturated carbocycles. The van der Waals surface area contributed by atoms with E-state index in [1.807, 2.05) is 0 Å². The predicted octanol–water partition coefficient (Wildman–Crippen LogP) is 1.75. The molecule has 20 heteroatoms. The van der Waals surface area contributed by atoms with E-state index in [1.165, 1.54) is 12.7 Å². The number of rotatable bonds is 2. The number of nitrogen functional groups attached to an aromatic ring is 2. The lowest BCUT2D eigenvalue weighted by Crippen LogP contribution is -2.26. The quantitative estimate of drug-likeness (QED) is 0.232. The van der Waals surface area contributed by atoms with Gasteiger partial charge in [-0.2, -0.15) is 0 Å². The van der Waals surface area contributed by atoms with Crippen LogP contribution in [-0.2, 0) is 27.2 Å². The van der Waals surface area contributed by atoms with E-state index in [9.17, 15) is 18.9 Å². The number of anilines is 2. The molecule has 4 unspecified atom stereocenters. The number of hydrogen-bond donors (Lipinski definition) is 4. The molecular formula is C22H28N10O8P2. The third kappa shape index (κ3) is 5.07. The minimum atomic E-state index is -4.54. The first-order valence-corrected chi connectivity index (χ1v) is 16.2. The molecule has 0 bridgehead atoms. The fourth-order valence-electron chi connectivity index (χ4n) is 6.24. The highest BCUT2D eigenvalue weighted by atomic mass is 31.2. The largest absolute Gasteiger partial charge is 0.472 e. The average molecular weight is 622 g/mol. The minimum Gasteiger partial charge on any atom is -0.382 e. The highest BCUT2D eigenvalue weighted by Crippen LogP contribution is 2.56. The zero-order valence-corrected chi connectivity index (χ0v) is 23.8. The van der Waals surface area contributed by atoms with Crippen LogP contribution in [0.25, 0.3) is 22.3 Å². The molecule has 8 atom stereocenters. The maximum absolute atomic E-state index is 13.1. The molecule has 0 spiro atoms. The number of nitrogens with two attached hydrogens (primary N) is 2. The average Bonchev–Trinajstić information content (AvgIpc) is 3.71.